The summed E-state index contributed by atoms with van der Waals surface area (Å²) in [5.41, 5.74) is 5.80. The minimum Gasteiger partial charge on any atom is -0.475 e. The van der Waals surface area contributed by atoms with Gasteiger partial charge >= 0.3 is 18.1 Å². The molecule has 1 aliphatic rings. The highest BCUT2D eigenvalue weighted by atomic mass is 79.9. The van der Waals surface area contributed by atoms with Crippen LogP contribution in [0.5, 0.6) is 0 Å². The summed E-state index contributed by atoms with van der Waals surface area (Å²) in [5, 5.41) is 10.2. The van der Waals surface area contributed by atoms with E-state index < -0.39 is 18.1 Å². The molecule has 2 N–H and O–H groups in total. The lowest BCUT2D eigenvalue weighted by Crippen LogP contribution is -2.33. The Morgan fingerprint density at radius 1 is 0.808 bits per heavy atom. The Morgan fingerprint density at radius 3 is 2.04 bits per heavy atom. The number of alkyl halides is 3. The highest BCUT2D eigenvalue weighted by Gasteiger charge is 2.38. The topological polar surface area (TPSA) is 116 Å². The second-order valence-electron chi connectivity index (χ2n) is 12.1. The number of aliphatic carboxylic acids is 1. The van der Waals surface area contributed by atoms with Crippen LogP contribution < -0.4 is 5.32 Å². The van der Waals surface area contributed by atoms with Gasteiger partial charge in [-0.2, -0.15) is 13.2 Å². The average molecular weight is 783 g/mol. The highest BCUT2D eigenvalue weighted by molar-refractivity contribution is 9.10. The molecule has 0 unspecified atom stereocenters. The first kappa shape index (κ1) is 39.8. The van der Waals surface area contributed by atoms with E-state index in [4.69, 9.17) is 14.6 Å². The molecule has 4 aromatic rings. The Labute approximate surface area is 308 Å². The van der Waals surface area contributed by atoms with E-state index >= 15 is 0 Å². The third-order valence-corrected chi connectivity index (χ3v) is 8.75. The summed E-state index contributed by atoms with van der Waals surface area (Å²) >= 11 is 3.50. The number of hydrogen-bond donors (Lipinski definition) is 2. The summed E-state index contributed by atoms with van der Waals surface area (Å²) in [5.74, 6) is -3.24. The van der Waals surface area contributed by atoms with Crippen molar-refractivity contribution in [1.29, 1.82) is 0 Å². The summed E-state index contributed by atoms with van der Waals surface area (Å²) < 4.78 is 37.5. The monoisotopic (exact) mass is 781 g/mol. The van der Waals surface area contributed by atoms with Crippen LogP contribution in [-0.2, 0) is 33.8 Å². The van der Waals surface area contributed by atoms with Crippen LogP contribution in [0.1, 0.15) is 50.2 Å². The lowest BCUT2D eigenvalue weighted by molar-refractivity contribution is -0.192. The molecular formula is C39H39BrF3N3O6. The van der Waals surface area contributed by atoms with Gasteiger partial charge in [0.1, 0.15) is 0 Å². The third-order valence-electron chi connectivity index (χ3n) is 8.26. The number of carboxylic acid groups (broad SMARTS) is 1. The molecule has 0 spiro atoms. The summed E-state index contributed by atoms with van der Waals surface area (Å²) in [7, 11) is 1.36. The molecule has 0 aromatic heterocycles. The minimum absolute atomic E-state index is 0.0110. The fourth-order valence-electron chi connectivity index (χ4n) is 5.60. The molecule has 0 atom stereocenters. The number of halogens is 4. The Balaban J connectivity index is 0.000000785. The number of carboxylic acids is 1. The van der Waals surface area contributed by atoms with Crippen molar-refractivity contribution < 1.29 is 42.2 Å². The zero-order valence-corrected chi connectivity index (χ0v) is 30.1. The van der Waals surface area contributed by atoms with Gasteiger partial charge in [0, 0.05) is 36.2 Å². The quantitative estimate of drug-likeness (QED) is 0.147. The molecule has 0 radical (unpaired) electrons. The van der Waals surface area contributed by atoms with Crippen molar-refractivity contribution in [2.45, 2.75) is 38.5 Å². The number of nitrogens with one attached hydrogen (secondary N) is 1. The number of nitrogens with zero attached hydrogens (tertiary/aromatic N) is 2. The van der Waals surface area contributed by atoms with Crippen LogP contribution >= 0.6 is 15.9 Å². The van der Waals surface area contributed by atoms with Gasteiger partial charge in [-0.05, 0) is 96.2 Å². The molecule has 4 aromatic carbocycles. The molecule has 1 saturated heterocycles. The van der Waals surface area contributed by atoms with E-state index in [1.165, 1.54) is 20.0 Å². The molecule has 2 amide bonds. The number of likely N-dealkylation sites (tertiary alicyclic amines) is 1. The highest BCUT2D eigenvalue weighted by Crippen LogP contribution is 2.24. The molecule has 0 saturated carbocycles. The van der Waals surface area contributed by atoms with Crippen LogP contribution in [0.25, 0.3) is 11.1 Å². The number of methoxy groups -OCH3 is 1. The van der Waals surface area contributed by atoms with Crippen LogP contribution in [0, 0.1) is 0 Å². The van der Waals surface area contributed by atoms with E-state index in [1.807, 2.05) is 83.8 Å². The summed E-state index contributed by atoms with van der Waals surface area (Å²) in [6.07, 6.45) is -2.36. The van der Waals surface area contributed by atoms with E-state index in [0.717, 1.165) is 51.9 Å². The molecule has 0 aliphatic carbocycles. The minimum atomic E-state index is -5.08. The number of amides is 2. The predicted molar refractivity (Wildman–Crippen MR) is 193 cm³/mol. The van der Waals surface area contributed by atoms with Crippen molar-refractivity contribution in [3.05, 3.63) is 129 Å². The van der Waals surface area contributed by atoms with Gasteiger partial charge in [-0.1, -0.05) is 70.5 Å². The molecule has 13 heteroatoms. The zero-order chi connectivity index (χ0) is 37.7. The number of carbonyl (C=O) groups excluding carboxylic acids is 3. The Bertz CT molecular complexity index is 1850. The molecule has 1 heterocycles. The molecule has 52 heavy (non-hydrogen) atoms. The van der Waals surface area contributed by atoms with E-state index in [1.54, 1.807) is 12.1 Å². The summed E-state index contributed by atoms with van der Waals surface area (Å²) in [6, 6.07) is 30.7. The smallest absolute Gasteiger partial charge is 0.475 e. The maximum Gasteiger partial charge on any atom is 0.490 e. The second-order valence-corrected chi connectivity index (χ2v) is 13.0. The molecule has 1 aliphatic heterocycles. The largest absolute Gasteiger partial charge is 0.490 e. The Kier molecular flexibility index (Phi) is 14.5. The van der Waals surface area contributed by atoms with Crippen molar-refractivity contribution in [1.82, 2.24) is 15.1 Å². The van der Waals surface area contributed by atoms with Gasteiger partial charge in [-0.25, -0.2) is 9.59 Å². The molecule has 5 rings (SSSR count). The van der Waals surface area contributed by atoms with Crippen molar-refractivity contribution in [2.75, 3.05) is 33.3 Å². The number of rotatable bonds is 12. The van der Waals surface area contributed by atoms with Crippen molar-refractivity contribution in [3.63, 3.8) is 0 Å². The van der Waals surface area contributed by atoms with Crippen LogP contribution in [0.15, 0.2) is 102 Å². The molecular weight excluding hydrogens is 743 g/mol. The van der Waals surface area contributed by atoms with E-state index in [2.05, 4.69) is 32.2 Å². The number of hydrogen-bond acceptors (Lipinski definition) is 6. The van der Waals surface area contributed by atoms with Gasteiger partial charge < -0.3 is 25.0 Å². The first-order chi connectivity index (χ1) is 24.8. The van der Waals surface area contributed by atoms with Crippen LogP contribution in [0.4, 0.5) is 13.2 Å². The maximum absolute atomic E-state index is 13.7. The summed E-state index contributed by atoms with van der Waals surface area (Å²) in [6.45, 7) is 4.50. The maximum atomic E-state index is 13.7. The van der Waals surface area contributed by atoms with Crippen LogP contribution in [-0.4, -0.2) is 78.1 Å². The third kappa shape index (κ3) is 12.3. The first-order valence-electron chi connectivity index (χ1n) is 16.5. The first-order valence-corrected chi connectivity index (χ1v) is 17.3. The fourth-order valence-corrected chi connectivity index (χ4v) is 6.04. The van der Waals surface area contributed by atoms with Gasteiger partial charge in [0.25, 0.3) is 5.91 Å². The molecule has 274 valence electrons. The SMILES string of the molecule is COC(=O)c1ccc(CN(Cc2cccc(-c3cccc(C(=O)NCCN4CCCC4)c3)c2)C(=O)Cc2cccc(Br)c2)cc1.O=C(O)C(F)(F)F. The van der Waals surface area contributed by atoms with Crippen LogP contribution in [0.3, 0.4) is 0 Å². The zero-order valence-electron chi connectivity index (χ0n) is 28.5. The molecule has 9 nitrogen and oxygen atoms in total. The standard InChI is InChI=1S/C37H38BrN3O4.C2HF3O2/c1-45-37(44)30-15-13-27(14-16-30)25-41(35(42)23-28-7-5-12-34(38)22-28)26-29-8-4-9-31(21-29)32-10-6-11-33(24-32)36(43)39-17-20-40-18-2-3-19-40;3-2(4,5)1(6)7/h4-16,21-22,24H,2-3,17-20,23,25-26H2,1H3,(H,39,43);(H,6,7). The Hall–Kier alpha value is -5.01. The number of ether oxygens (including phenoxy) is 1. The number of benzene rings is 4. The van der Waals surface area contributed by atoms with Gasteiger partial charge in [0.05, 0.1) is 19.1 Å². The number of carbonyl (C=O) groups is 4. The number of esters is 1. The van der Waals surface area contributed by atoms with Gasteiger partial charge in [-0.15, -0.1) is 0 Å². The predicted octanol–water partition coefficient (Wildman–Crippen LogP) is 7.13. The fraction of sp³-hybridized carbons (Fsp3) is 0.282. The van der Waals surface area contributed by atoms with Gasteiger partial charge in [-0.3, -0.25) is 9.59 Å². The molecule has 0 bridgehead atoms. The molecule has 1 fully saturated rings. The van der Waals surface area contributed by atoms with Gasteiger partial charge in [0.15, 0.2) is 0 Å². The average Bonchev–Trinajstić information content (AvgIpc) is 3.65. The van der Waals surface area contributed by atoms with Crippen molar-refractivity contribution in [2.24, 2.45) is 0 Å². The normalized spacial score (nSPS) is 12.7. The van der Waals surface area contributed by atoms with E-state index in [9.17, 15) is 27.6 Å². The lowest BCUT2D eigenvalue weighted by Gasteiger charge is -2.24. The Morgan fingerprint density at radius 2 is 1.40 bits per heavy atom. The van der Waals surface area contributed by atoms with Crippen molar-refractivity contribution >= 4 is 39.7 Å². The van der Waals surface area contributed by atoms with Gasteiger partial charge in [0.2, 0.25) is 5.91 Å². The van der Waals surface area contributed by atoms with E-state index in [0.29, 0.717) is 30.8 Å². The van der Waals surface area contributed by atoms with Crippen molar-refractivity contribution in [3.8, 4) is 11.1 Å². The summed E-state index contributed by atoms with van der Waals surface area (Å²) in [4.78, 5) is 51.6. The second kappa shape index (κ2) is 19.0. The lowest BCUT2D eigenvalue weighted by atomic mass is 10.0. The van der Waals surface area contributed by atoms with Crippen LogP contribution in [0.2, 0.25) is 0 Å². The van der Waals surface area contributed by atoms with E-state index in [-0.39, 0.29) is 18.2 Å².